The second-order valence-electron chi connectivity index (χ2n) is 5.42. The number of ether oxygens (including phenoxy) is 1. The van der Waals surface area contributed by atoms with E-state index in [0.717, 1.165) is 23.7 Å². The minimum atomic E-state index is 0.215. The molecule has 1 fully saturated rings. The molecule has 0 N–H and O–H groups in total. The number of benzene rings is 2. The highest BCUT2D eigenvalue weighted by atomic mass is 16.5. The highest BCUT2D eigenvalue weighted by Gasteiger charge is 2.25. The Labute approximate surface area is 125 Å². The van der Waals surface area contributed by atoms with Crippen LogP contribution in [0.25, 0.3) is 0 Å². The lowest BCUT2D eigenvalue weighted by atomic mass is 10.0. The van der Waals surface area contributed by atoms with Crippen LogP contribution in [-0.2, 0) is 4.79 Å². The number of hydrogen-bond donors (Lipinski definition) is 0. The van der Waals surface area contributed by atoms with Gasteiger partial charge in [-0.2, -0.15) is 0 Å². The van der Waals surface area contributed by atoms with Crippen LogP contribution in [0.2, 0.25) is 0 Å². The molecule has 2 aromatic rings. The largest absolute Gasteiger partial charge is 0.455 e. The third-order valence-corrected chi connectivity index (χ3v) is 3.83. The maximum atomic E-state index is 11.6. The summed E-state index contributed by atoms with van der Waals surface area (Å²) in [5.74, 6) is 2.01. The molecule has 2 aromatic carbocycles. The molecule has 0 aromatic heterocycles. The molecule has 3 rings (SSSR count). The van der Waals surface area contributed by atoms with Crippen molar-refractivity contribution < 1.29 is 9.53 Å². The van der Waals surface area contributed by atoms with Gasteiger partial charge in [-0.3, -0.25) is 4.79 Å². The van der Waals surface area contributed by atoms with Crippen LogP contribution in [-0.4, -0.2) is 18.4 Å². The van der Waals surface area contributed by atoms with Crippen LogP contribution >= 0.6 is 0 Å². The Bertz CT molecular complexity index is 624. The maximum Gasteiger partial charge on any atom is 0.150 e. The molecular weight excluding hydrogens is 262 g/mol. The Hall–Kier alpha value is -2.29. The van der Waals surface area contributed by atoms with Crippen LogP contribution in [0.15, 0.2) is 54.6 Å². The maximum absolute atomic E-state index is 11.6. The van der Waals surface area contributed by atoms with E-state index in [2.05, 4.69) is 17.9 Å². The summed E-state index contributed by atoms with van der Waals surface area (Å²) in [4.78, 5) is 13.8. The zero-order chi connectivity index (χ0) is 14.7. The Kier molecular flexibility index (Phi) is 3.91. The molecule has 108 valence electrons. The summed E-state index contributed by atoms with van der Waals surface area (Å²) < 4.78 is 6.01. The number of hydrogen-bond acceptors (Lipinski definition) is 3. The van der Waals surface area contributed by atoms with Crippen molar-refractivity contribution >= 4 is 11.5 Å². The van der Waals surface area contributed by atoms with Gasteiger partial charge in [0.1, 0.15) is 11.5 Å². The van der Waals surface area contributed by atoms with Crippen molar-refractivity contribution in [1.82, 2.24) is 0 Å². The fraction of sp³-hybridized carbons (Fsp3) is 0.278. The lowest BCUT2D eigenvalue weighted by Gasteiger charge is -2.35. The summed E-state index contributed by atoms with van der Waals surface area (Å²) in [5, 5.41) is 0. The Morgan fingerprint density at radius 1 is 1.05 bits per heavy atom. The Morgan fingerprint density at radius 2 is 1.76 bits per heavy atom. The Morgan fingerprint density at radius 3 is 2.52 bits per heavy atom. The molecule has 0 spiro atoms. The number of carbonyl (C=O) groups excluding carboxylic acids is 1. The van der Waals surface area contributed by atoms with E-state index in [1.54, 1.807) is 0 Å². The summed E-state index contributed by atoms with van der Waals surface area (Å²) in [6.07, 6.45) is 1.23. The molecular formula is C18H19NO2. The average Bonchev–Trinajstić information content (AvgIpc) is 2.49. The fourth-order valence-electron chi connectivity index (χ4n) is 2.76. The SMILES string of the molecule is CC1CC(=O)CCN1c1ccccc1Oc1ccccc1. The molecule has 1 aliphatic rings. The van der Waals surface area contributed by atoms with Gasteiger partial charge in [-0.05, 0) is 31.2 Å². The third-order valence-electron chi connectivity index (χ3n) is 3.83. The molecule has 1 unspecified atom stereocenters. The summed E-state index contributed by atoms with van der Waals surface area (Å²) >= 11 is 0. The number of carbonyl (C=O) groups is 1. The molecule has 1 aliphatic heterocycles. The lowest BCUT2D eigenvalue weighted by Crippen LogP contribution is -2.41. The van der Waals surface area contributed by atoms with E-state index in [1.807, 2.05) is 48.5 Å². The lowest BCUT2D eigenvalue weighted by molar-refractivity contribution is -0.120. The molecule has 21 heavy (non-hydrogen) atoms. The van der Waals surface area contributed by atoms with E-state index in [4.69, 9.17) is 4.74 Å². The summed E-state index contributed by atoms with van der Waals surface area (Å²) in [5.41, 5.74) is 1.06. The first kappa shape index (κ1) is 13.7. The molecule has 0 radical (unpaired) electrons. The normalized spacial score (nSPS) is 18.6. The van der Waals surface area contributed by atoms with E-state index in [1.165, 1.54) is 0 Å². The fourth-order valence-corrected chi connectivity index (χ4v) is 2.76. The van der Waals surface area contributed by atoms with Crippen molar-refractivity contribution in [2.24, 2.45) is 0 Å². The van der Waals surface area contributed by atoms with Gasteiger partial charge in [-0.15, -0.1) is 0 Å². The zero-order valence-corrected chi connectivity index (χ0v) is 12.2. The van der Waals surface area contributed by atoms with Gasteiger partial charge in [0, 0.05) is 25.4 Å². The summed E-state index contributed by atoms with van der Waals surface area (Å²) in [6, 6.07) is 18.0. The van der Waals surface area contributed by atoms with Crippen molar-refractivity contribution in [3.05, 3.63) is 54.6 Å². The number of Topliss-reactive ketones (excluding diaryl/α,β-unsaturated/α-hetero) is 1. The molecule has 1 atom stereocenters. The predicted molar refractivity (Wildman–Crippen MR) is 84.0 cm³/mol. The van der Waals surface area contributed by atoms with E-state index < -0.39 is 0 Å². The number of anilines is 1. The van der Waals surface area contributed by atoms with Gasteiger partial charge in [0.2, 0.25) is 0 Å². The zero-order valence-electron chi connectivity index (χ0n) is 12.2. The number of piperidine rings is 1. The quantitative estimate of drug-likeness (QED) is 0.850. The molecule has 0 aliphatic carbocycles. The first-order valence-corrected chi connectivity index (χ1v) is 7.34. The van der Waals surface area contributed by atoms with Crippen LogP contribution < -0.4 is 9.64 Å². The van der Waals surface area contributed by atoms with Crippen LogP contribution in [0, 0.1) is 0 Å². The second kappa shape index (κ2) is 6.00. The van der Waals surface area contributed by atoms with E-state index >= 15 is 0 Å². The number of para-hydroxylation sites is 3. The van der Waals surface area contributed by atoms with E-state index in [9.17, 15) is 4.79 Å². The van der Waals surface area contributed by atoms with E-state index in [-0.39, 0.29) is 6.04 Å². The van der Waals surface area contributed by atoms with E-state index in [0.29, 0.717) is 18.6 Å². The van der Waals surface area contributed by atoms with Crippen molar-refractivity contribution in [3.8, 4) is 11.5 Å². The predicted octanol–water partition coefficient (Wildman–Crippen LogP) is 4.04. The average molecular weight is 281 g/mol. The molecule has 0 saturated carbocycles. The van der Waals surface area contributed by atoms with Crippen LogP contribution in [0.4, 0.5) is 5.69 Å². The molecule has 0 bridgehead atoms. The van der Waals surface area contributed by atoms with Crippen molar-refractivity contribution in [2.75, 3.05) is 11.4 Å². The van der Waals surface area contributed by atoms with Gasteiger partial charge in [-0.25, -0.2) is 0 Å². The topological polar surface area (TPSA) is 29.5 Å². The summed E-state index contributed by atoms with van der Waals surface area (Å²) in [6.45, 7) is 2.85. The van der Waals surface area contributed by atoms with Gasteiger partial charge in [0.15, 0.2) is 5.75 Å². The number of nitrogens with zero attached hydrogens (tertiary/aromatic N) is 1. The monoisotopic (exact) mass is 281 g/mol. The third kappa shape index (κ3) is 3.07. The molecule has 3 nitrogen and oxygen atoms in total. The van der Waals surface area contributed by atoms with Crippen molar-refractivity contribution in [3.63, 3.8) is 0 Å². The van der Waals surface area contributed by atoms with Gasteiger partial charge in [0.05, 0.1) is 5.69 Å². The highest BCUT2D eigenvalue weighted by molar-refractivity contribution is 5.82. The molecule has 1 heterocycles. The minimum Gasteiger partial charge on any atom is -0.455 e. The summed E-state index contributed by atoms with van der Waals surface area (Å²) in [7, 11) is 0. The van der Waals surface area contributed by atoms with Gasteiger partial charge < -0.3 is 9.64 Å². The van der Waals surface area contributed by atoms with Crippen molar-refractivity contribution in [1.29, 1.82) is 0 Å². The van der Waals surface area contributed by atoms with Gasteiger partial charge in [0.25, 0.3) is 0 Å². The molecule has 1 saturated heterocycles. The van der Waals surface area contributed by atoms with Crippen LogP contribution in [0.3, 0.4) is 0 Å². The van der Waals surface area contributed by atoms with Crippen LogP contribution in [0.5, 0.6) is 11.5 Å². The standard InChI is InChI=1S/C18H19NO2/c1-14-13-15(20)11-12-19(14)17-9-5-6-10-18(17)21-16-7-3-2-4-8-16/h2-10,14H,11-13H2,1H3. The first-order valence-electron chi connectivity index (χ1n) is 7.34. The minimum absolute atomic E-state index is 0.215. The van der Waals surface area contributed by atoms with Gasteiger partial charge >= 0.3 is 0 Å². The van der Waals surface area contributed by atoms with Gasteiger partial charge in [-0.1, -0.05) is 30.3 Å². The van der Waals surface area contributed by atoms with Crippen molar-refractivity contribution in [2.45, 2.75) is 25.8 Å². The number of ketones is 1. The highest BCUT2D eigenvalue weighted by Crippen LogP contribution is 2.34. The molecule has 3 heteroatoms. The van der Waals surface area contributed by atoms with Crippen LogP contribution in [0.1, 0.15) is 19.8 Å². The second-order valence-corrected chi connectivity index (χ2v) is 5.42. The first-order chi connectivity index (χ1) is 10.2. The Balaban J connectivity index is 1.87. The smallest absolute Gasteiger partial charge is 0.150 e. The number of rotatable bonds is 3. The molecule has 0 amide bonds.